The van der Waals surface area contributed by atoms with Crippen molar-refractivity contribution in [3.8, 4) is 0 Å². The number of rotatable bonds is 9. The largest absolute Gasteiger partial charge is 0.394 e. The van der Waals surface area contributed by atoms with Crippen LogP contribution in [0, 0.1) is 0 Å². The Morgan fingerprint density at radius 3 is 2.61 bits per heavy atom. The normalized spacial score (nSPS) is 26.1. The van der Waals surface area contributed by atoms with Crippen LogP contribution in [0.25, 0.3) is 0 Å². The van der Waals surface area contributed by atoms with Gasteiger partial charge in [-0.15, -0.1) is 0 Å². The van der Waals surface area contributed by atoms with Crippen molar-refractivity contribution in [2.24, 2.45) is 0 Å². The van der Waals surface area contributed by atoms with Crippen molar-refractivity contribution >= 4 is 11.9 Å². The number of nitrogens with zero attached hydrogens (tertiary/aromatic N) is 1. The molecule has 0 aromatic rings. The molecule has 2 heterocycles. The SMILES string of the molecule is CC(C)NC(=O)NCC[C@H]1CC[C@@H](NC(=O)CCN2CCCCC2)[C@H](CO)O1. The third kappa shape index (κ3) is 8.32. The van der Waals surface area contributed by atoms with E-state index in [1.165, 1.54) is 19.3 Å². The molecule has 2 fully saturated rings. The van der Waals surface area contributed by atoms with E-state index in [1.807, 2.05) is 13.8 Å². The number of aliphatic hydroxyl groups is 1. The Morgan fingerprint density at radius 2 is 1.93 bits per heavy atom. The van der Waals surface area contributed by atoms with Crippen molar-refractivity contribution in [1.82, 2.24) is 20.9 Å². The van der Waals surface area contributed by atoms with Gasteiger partial charge in [0, 0.05) is 25.6 Å². The van der Waals surface area contributed by atoms with Crippen molar-refractivity contribution in [2.45, 2.75) is 83.1 Å². The summed E-state index contributed by atoms with van der Waals surface area (Å²) in [5.74, 6) is 0.0306. The van der Waals surface area contributed by atoms with Gasteiger partial charge in [-0.25, -0.2) is 4.79 Å². The summed E-state index contributed by atoms with van der Waals surface area (Å²) in [6.45, 7) is 7.21. The number of aliphatic hydroxyl groups excluding tert-OH is 1. The lowest BCUT2D eigenvalue weighted by atomic mass is 9.97. The quantitative estimate of drug-likeness (QED) is 0.464. The second kappa shape index (κ2) is 12.2. The number of carbonyl (C=O) groups is 2. The van der Waals surface area contributed by atoms with E-state index in [-0.39, 0.29) is 42.8 Å². The molecule has 4 N–H and O–H groups in total. The highest BCUT2D eigenvalue weighted by Gasteiger charge is 2.31. The number of urea groups is 1. The summed E-state index contributed by atoms with van der Waals surface area (Å²) >= 11 is 0. The molecule has 8 nitrogen and oxygen atoms in total. The number of ether oxygens (including phenoxy) is 1. The van der Waals surface area contributed by atoms with Crippen LogP contribution in [0.15, 0.2) is 0 Å². The van der Waals surface area contributed by atoms with Gasteiger partial charge in [-0.1, -0.05) is 6.42 Å². The van der Waals surface area contributed by atoms with E-state index < -0.39 is 0 Å². The molecule has 162 valence electrons. The fourth-order valence-electron chi connectivity index (χ4n) is 3.89. The topological polar surface area (TPSA) is 103 Å². The lowest BCUT2D eigenvalue weighted by molar-refractivity contribution is -0.128. The number of nitrogens with one attached hydrogen (secondary N) is 3. The zero-order valence-electron chi connectivity index (χ0n) is 17.4. The Hall–Kier alpha value is -1.38. The van der Waals surface area contributed by atoms with Crippen LogP contribution in [0.2, 0.25) is 0 Å². The zero-order valence-corrected chi connectivity index (χ0v) is 17.4. The van der Waals surface area contributed by atoms with E-state index in [1.54, 1.807) is 0 Å². The molecular weight excluding hydrogens is 360 g/mol. The average molecular weight is 399 g/mol. The van der Waals surface area contributed by atoms with Crippen LogP contribution in [0.3, 0.4) is 0 Å². The summed E-state index contributed by atoms with van der Waals surface area (Å²) in [4.78, 5) is 26.3. The third-order valence-electron chi connectivity index (χ3n) is 5.42. The number of amides is 3. The van der Waals surface area contributed by atoms with E-state index >= 15 is 0 Å². The van der Waals surface area contributed by atoms with Crippen LogP contribution >= 0.6 is 0 Å². The zero-order chi connectivity index (χ0) is 20.4. The standard InChI is InChI=1S/C20H38N4O4/c1-15(2)22-20(27)21-10-8-16-6-7-17(18(14-25)28-16)23-19(26)9-13-24-11-4-3-5-12-24/h15-18,25H,3-14H2,1-2H3,(H,23,26)(H2,21,22,27)/t16-,17-,18+/m1/s1. The molecular formula is C20H38N4O4. The van der Waals surface area contributed by atoms with Crippen LogP contribution < -0.4 is 16.0 Å². The first kappa shape index (κ1) is 22.9. The minimum atomic E-state index is -0.387. The first-order valence-corrected chi connectivity index (χ1v) is 10.8. The van der Waals surface area contributed by atoms with Gasteiger partial charge in [-0.05, 0) is 59.0 Å². The van der Waals surface area contributed by atoms with Gasteiger partial charge in [0.2, 0.25) is 5.91 Å². The number of piperidine rings is 1. The van der Waals surface area contributed by atoms with Crippen LogP contribution in [-0.2, 0) is 9.53 Å². The van der Waals surface area contributed by atoms with Crippen molar-refractivity contribution in [1.29, 1.82) is 0 Å². The molecule has 0 unspecified atom stereocenters. The third-order valence-corrected chi connectivity index (χ3v) is 5.42. The summed E-state index contributed by atoms with van der Waals surface area (Å²) in [5.41, 5.74) is 0. The number of carbonyl (C=O) groups excluding carboxylic acids is 2. The first-order valence-electron chi connectivity index (χ1n) is 10.8. The van der Waals surface area contributed by atoms with Crippen molar-refractivity contribution in [2.75, 3.05) is 32.8 Å². The van der Waals surface area contributed by atoms with Gasteiger partial charge in [-0.3, -0.25) is 4.79 Å². The van der Waals surface area contributed by atoms with Crippen LogP contribution in [0.5, 0.6) is 0 Å². The molecule has 0 radical (unpaired) electrons. The number of hydrogen-bond donors (Lipinski definition) is 4. The lowest BCUT2D eigenvalue weighted by Gasteiger charge is -2.36. The van der Waals surface area contributed by atoms with Gasteiger partial charge in [0.25, 0.3) is 0 Å². The van der Waals surface area contributed by atoms with Gasteiger partial charge < -0.3 is 30.7 Å². The maximum absolute atomic E-state index is 12.3. The van der Waals surface area contributed by atoms with Gasteiger partial charge in [0.1, 0.15) is 6.10 Å². The maximum Gasteiger partial charge on any atom is 0.314 e. The van der Waals surface area contributed by atoms with Crippen LogP contribution in [-0.4, -0.2) is 79.0 Å². The minimum absolute atomic E-state index is 0.0157. The predicted molar refractivity (Wildman–Crippen MR) is 108 cm³/mol. The molecule has 8 heteroatoms. The van der Waals surface area contributed by atoms with Crippen molar-refractivity contribution < 1.29 is 19.4 Å². The number of hydrogen-bond acceptors (Lipinski definition) is 5. The summed E-state index contributed by atoms with van der Waals surface area (Å²) < 4.78 is 5.96. The molecule has 2 aliphatic rings. The minimum Gasteiger partial charge on any atom is -0.394 e. The van der Waals surface area contributed by atoms with Crippen molar-refractivity contribution in [3.05, 3.63) is 0 Å². The highest BCUT2D eigenvalue weighted by molar-refractivity contribution is 5.76. The van der Waals surface area contributed by atoms with Gasteiger partial charge in [0.15, 0.2) is 0 Å². The fourth-order valence-corrected chi connectivity index (χ4v) is 3.89. The highest BCUT2D eigenvalue weighted by atomic mass is 16.5. The maximum atomic E-state index is 12.3. The van der Waals surface area contributed by atoms with Crippen LogP contribution in [0.4, 0.5) is 4.79 Å². The molecule has 2 saturated heterocycles. The highest BCUT2D eigenvalue weighted by Crippen LogP contribution is 2.22. The summed E-state index contributed by atoms with van der Waals surface area (Å²) in [6, 6.07) is -0.223. The second-order valence-corrected chi connectivity index (χ2v) is 8.23. The summed E-state index contributed by atoms with van der Waals surface area (Å²) in [7, 11) is 0. The first-order chi connectivity index (χ1) is 13.5. The molecule has 2 aliphatic heterocycles. The molecule has 0 aromatic carbocycles. The van der Waals surface area contributed by atoms with E-state index in [0.29, 0.717) is 19.4 Å². The lowest BCUT2D eigenvalue weighted by Crippen LogP contribution is -2.51. The van der Waals surface area contributed by atoms with E-state index in [0.717, 1.165) is 32.5 Å². The molecule has 0 aromatic heterocycles. The Labute approximate surface area is 168 Å². The molecule has 28 heavy (non-hydrogen) atoms. The summed E-state index contributed by atoms with van der Waals surface area (Å²) in [6.07, 6.45) is 6.11. The van der Waals surface area contributed by atoms with Gasteiger partial charge in [0.05, 0.1) is 18.8 Å². The molecule has 2 rings (SSSR count). The fraction of sp³-hybridized carbons (Fsp3) is 0.900. The van der Waals surface area contributed by atoms with E-state index in [2.05, 4.69) is 20.9 Å². The van der Waals surface area contributed by atoms with Crippen LogP contribution in [0.1, 0.15) is 58.8 Å². The molecule has 3 atom stereocenters. The van der Waals surface area contributed by atoms with E-state index in [4.69, 9.17) is 4.74 Å². The monoisotopic (exact) mass is 398 g/mol. The smallest absolute Gasteiger partial charge is 0.314 e. The van der Waals surface area contributed by atoms with Crippen molar-refractivity contribution in [3.63, 3.8) is 0 Å². The van der Waals surface area contributed by atoms with E-state index in [9.17, 15) is 14.7 Å². The summed E-state index contributed by atoms with van der Waals surface area (Å²) in [5, 5.41) is 18.3. The second-order valence-electron chi connectivity index (χ2n) is 8.23. The molecule has 0 saturated carbocycles. The Morgan fingerprint density at radius 1 is 1.18 bits per heavy atom. The Bertz CT molecular complexity index is 483. The molecule has 0 aliphatic carbocycles. The predicted octanol–water partition coefficient (Wildman–Crippen LogP) is 0.985. The molecule has 0 spiro atoms. The molecule has 3 amide bonds. The Balaban J connectivity index is 1.65. The molecule has 0 bridgehead atoms. The average Bonchev–Trinajstić information content (AvgIpc) is 2.67. The van der Waals surface area contributed by atoms with Gasteiger partial charge in [-0.2, -0.15) is 0 Å². The Kier molecular flexibility index (Phi) is 10.0. The number of likely N-dealkylation sites (tertiary alicyclic amines) is 1. The van der Waals surface area contributed by atoms with Gasteiger partial charge >= 0.3 is 6.03 Å².